The zero-order valence-electron chi connectivity index (χ0n) is 19.1. The lowest BCUT2D eigenvalue weighted by atomic mass is 10.1. The van der Waals surface area contributed by atoms with Crippen LogP contribution in [0.2, 0.25) is 0 Å². The van der Waals surface area contributed by atoms with Gasteiger partial charge in [-0.3, -0.25) is 24.6 Å². The highest BCUT2D eigenvalue weighted by Crippen LogP contribution is 2.26. The SMILES string of the molecule is CCc1ccc(N2C(=O)/C(=C/c3cc(C)n(-c4ccc(C(N)=O)cc4)c3C)C(=O)NC2=S)cc1. The Kier molecular flexibility index (Phi) is 6.17. The Bertz CT molecular complexity index is 1350. The van der Waals surface area contributed by atoms with E-state index in [1.807, 2.05) is 48.7 Å². The predicted molar refractivity (Wildman–Crippen MR) is 136 cm³/mol. The fraction of sp³-hybridized carbons (Fsp3) is 0.154. The Labute approximate surface area is 202 Å². The molecule has 1 saturated heterocycles. The first-order valence-electron chi connectivity index (χ1n) is 10.8. The van der Waals surface area contributed by atoms with Crippen molar-refractivity contribution >= 4 is 46.8 Å². The second kappa shape index (κ2) is 9.07. The van der Waals surface area contributed by atoms with Crippen molar-refractivity contribution in [3.63, 3.8) is 0 Å². The van der Waals surface area contributed by atoms with Crippen molar-refractivity contribution in [2.45, 2.75) is 27.2 Å². The molecule has 0 saturated carbocycles. The van der Waals surface area contributed by atoms with Gasteiger partial charge in [0.25, 0.3) is 11.8 Å². The van der Waals surface area contributed by atoms with Gasteiger partial charge >= 0.3 is 0 Å². The molecule has 0 unspecified atom stereocenters. The van der Waals surface area contributed by atoms with E-state index in [0.717, 1.165) is 34.6 Å². The first kappa shape index (κ1) is 23.1. The van der Waals surface area contributed by atoms with Gasteiger partial charge in [-0.15, -0.1) is 0 Å². The minimum absolute atomic E-state index is 0.00232. The summed E-state index contributed by atoms with van der Waals surface area (Å²) in [6.07, 6.45) is 2.46. The van der Waals surface area contributed by atoms with Crippen LogP contribution in [0.1, 0.15) is 39.8 Å². The van der Waals surface area contributed by atoms with E-state index < -0.39 is 17.7 Å². The molecular formula is C26H24N4O3S. The van der Waals surface area contributed by atoms with Gasteiger partial charge in [-0.05, 0) is 92.2 Å². The highest BCUT2D eigenvalue weighted by Gasteiger charge is 2.34. The van der Waals surface area contributed by atoms with Crippen LogP contribution in [0.4, 0.5) is 5.69 Å². The summed E-state index contributed by atoms with van der Waals surface area (Å²) in [5.41, 5.74) is 10.8. The van der Waals surface area contributed by atoms with E-state index >= 15 is 0 Å². The Morgan fingerprint density at radius 1 is 1.03 bits per heavy atom. The van der Waals surface area contributed by atoms with Crippen LogP contribution >= 0.6 is 12.2 Å². The molecular weight excluding hydrogens is 448 g/mol. The third-order valence-electron chi connectivity index (χ3n) is 5.88. The maximum absolute atomic E-state index is 13.3. The van der Waals surface area contributed by atoms with Gasteiger partial charge in [-0.1, -0.05) is 19.1 Å². The van der Waals surface area contributed by atoms with Crippen molar-refractivity contribution in [1.29, 1.82) is 0 Å². The molecule has 0 spiro atoms. The minimum Gasteiger partial charge on any atom is -0.366 e. The van der Waals surface area contributed by atoms with Gasteiger partial charge in [0, 0.05) is 22.6 Å². The summed E-state index contributed by atoms with van der Waals surface area (Å²) in [5.74, 6) is -1.51. The van der Waals surface area contributed by atoms with Crippen LogP contribution in [0.15, 0.2) is 60.2 Å². The normalized spacial score (nSPS) is 15.1. The van der Waals surface area contributed by atoms with Gasteiger partial charge in [-0.25, -0.2) is 0 Å². The lowest BCUT2D eigenvalue weighted by Crippen LogP contribution is -2.54. The molecule has 2 aromatic carbocycles. The van der Waals surface area contributed by atoms with Crippen LogP contribution in [0.25, 0.3) is 11.8 Å². The molecule has 1 aliphatic heterocycles. The number of aromatic nitrogens is 1. The van der Waals surface area contributed by atoms with Gasteiger partial charge in [-0.2, -0.15) is 0 Å². The van der Waals surface area contributed by atoms with Crippen molar-refractivity contribution in [2.75, 3.05) is 4.90 Å². The number of hydrogen-bond donors (Lipinski definition) is 2. The number of nitrogens with two attached hydrogens (primary N) is 1. The largest absolute Gasteiger partial charge is 0.366 e. The third-order valence-corrected chi connectivity index (χ3v) is 6.17. The summed E-state index contributed by atoms with van der Waals surface area (Å²) < 4.78 is 1.98. The first-order chi connectivity index (χ1) is 16.2. The number of hydrogen-bond acceptors (Lipinski definition) is 4. The predicted octanol–water partition coefficient (Wildman–Crippen LogP) is 3.59. The van der Waals surface area contributed by atoms with Gasteiger partial charge in [0.15, 0.2) is 5.11 Å². The number of benzene rings is 2. The molecule has 7 nitrogen and oxygen atoms in total. The maximum Gasteiger partial charge on any atom is 0.270 e. The van der Waals surface area contributed by atoms with Crippen molar-refractivity contribution in [3.05, 3.63) is 88.2 Å². The molecule has 1 aliphatic rings. The Morgan fingerprint density at radius 2 is 1.65 bits per heavy atom. The minimum atomic E-state index is -0.535. The van der Waals surface area contributed by atoms with E-state index in [0.29, 0.717) is 11.3 Å². The number of primary amides is 1. The fourth-order valence-corrected chi connectivity index (χ4v) is 4.32. The average molecular weight is 473 g/mol. The summed E-state index contributed by atoms with van der Waals surface area (Å²) in [5, 5.41) is 2.68. The quantitative estimate of drug-likeness (QED) is 0.337. The molecule has 0 aliphatic carbocycles. The average Bonchev–Trinajstić information content (AvgIpc) is 3.09. The second-order valence-electron chi connectivity index (χ2n) is 8.05. The van der Waals surface area contributed by atoms with Gasteiger partial charge in [0.05, 0.1) is 5.69 Å². The van der Waals surface area contributed by atoms with Gasteiger partial charge < -0.3 is 10.3 Å². The molecule has 4 rings (SSSR count). The summed E-state index contributed by atoms with van der Waals surface area (Å²) >= 11 is 5.29. The van der Waals surface area contributed by atoms with Crippen molar-refractivity contribution < 1.29 is 14.4 Å². The van der Waals surface area contributed by atoms with E-state index in [-0.39, 0.29) is 10.7 Å². The monoisotopic (exact) mass is 472 g/mol. The van der Waals surface area contributed by atoms with Crippen LogP contribution in [-0.2, 0) is 16.0 Å². The van der Waals surface area contributed by atoms with Crippen molar-refractivity contribution in [2.24, 2.45) is 5.73 Å². The van der Waals surface area contributed by atoms with E-state index in [4.69, 9.17) is 18.0 Å². The number of thiocarbonyl (C=S) groups is 1. The van der Waals surface area contributed by atoms with Crippen molar-refractivity contribution in [3.8, 4) is 5.69 Å². The zero-order valence-corrected chi connectivity index (χ0v) is 19.9. The molecule has 34 heavy (non-hydrogen) atoms. The zero-order chi connectivity index (χ0) is 24.6. The molecule has 3 N–H and O–H groups in total. The molecule has 3 amide bonds. The van der Waals surface area contributed by atoms with Crippen LogP contribution in [0.5, 0.6) is 0 Å². The lowest BCUT2D eigenvalue weighted by Gasteiger charge is -2.29. The lowest BCUT2D eigenvalue weighted by molar-refractivity contribution is -0.122. The van der Waals surface area contributed by atoms with Crippen molar-refractivity contribution in [1.82, 2.24) is 9.88 Å². The number of carbonyl (C=O) groups is 3. The topological polar surface area (TPSA) is 97.4 Å². The van der Waals surface area contributed by atoms with Crippen LogP contribution in [-0.4, -0.2) is 27.4 Å². The summed E-state index contributed by atoms with van der Waals surface area (Å²) in [6.45, 7) is 5.88. The molecule has 8 heteroatoms. The standard InChI is InChI=1S/C26H24N4O3S/c1-4-17-5-9-21(10-6-17)30-25(33)22(24(32)28-26(30)34)14-19-13-15(2)29(16(19)3)20-11-7-18(8-12-20)23(27)31/h5-14H,4H2,1-3H3,(H2,27,31)(H,28,32,34)/b22-14+. The molecule has 2 heterocycles. The summed E-state index contributed by atoms with van der Waals surface area (Å²) in [7, 11) is 0. The van der Waals surface area contributed by atoms with Crippen LogP contribution in [0, 0.1) is 13.8 Å². The Hall–Kier alpha value is -4.04. The van der Waals surface area contributed by atoms with Gasteiger partial charge in [0.2, 0.25) is 5.91 Å². The number of carbonyl (C=O) groups excluding carboxylic acids is 3. The van der Waals surface area contributed by atoms with Crippen LogP contribution < -0.4 is 16.0 Å². The number of anilines is 1. The Balaban J connectivity index is 1.72. The highest BCUT2D eigenvalue weighted by atomic mass is 32.1. The third kappa shape index (κ3) is 4.15. The second-order valence-corrected chi connectivity index (χ2v) is 8.44. The number of nitrogens with zero attached hydrogens (tertiary/aromatic N) is 2. The molecule has 172 valence electrons. The fourth-order valence-electron chi connectivity index (χ4n) is 4.03. The van der Waals surface area contributed by atoms with E-state index in [9.17, 15) is 14.4 Å². The van der Waals surface area contributed by atoms with E-state index in [2.05, 4.69) is 12.2 Å². The number of amides is 3. The summed E-state index contributed by atoms with van der Waals surface area (Å²) in [6, 6.07) is 16.3. The van der Waals surface area contributed by atoms with E-state index in [1.54, 1.807) is 30.3 Å². The van der Waals surface area contributed by atoms with Crippen LogP contribution in [0.3, 0.4) is 0 Å². The summed E-state index contributed by atoms with van der Waals surface area (Å²) in [4.78, 5) is 38.8. The smallest absolute Gasteiger partial charge is 0.270 e. The molecule has 3 aromatic rings. The molecule has 1 aromatic heterocycles. The molecule has 0 atom stereocenters. The highest BCUT2D eigenvalue weighted by molar-refractivity contribution is 7.80. The first-order valence-corrected chi connectivity index (χ1v) is 11.2. The number of aryl methyl sites for hydroxylation is 2. The molecule has 1 fully saturated rings. The molecule has 0 bridgehead atoms. The number of nitrogens with one attached hydrogen (secondary N) is 1. The number of rotatable bonds is 5. The maximum atomic E-state index is 13.3. The van der Waals surface area contributed by atoms with Gasteiger partial charge in [0.1, 0.15) is 5.57 Å². The van der Waals surface area contributed by atoms with E-state index in [1.165, 1.54) is 4.90 Å². The Morgan fingerprint density at radius 3 is 2.24 bits per heavy atom. The molecule has 0 radical (unpaired) electrons.